The first-order valence-corrected chi connectivity index (χ1v) is 4.86. The zero-order chi connectivity index (χ0) is 11.2. The van der Waals surface area contributed by atoms with Crippen molar-refractivity contribution in [3.8, 4) is 23.9 Å². The Morgan fingerprint density at radius 1 is 1.56 bits per heavy atom. The average molecular weight is 217 g/mol. The molecule has 0 aliphatic rings. The van der Waals surface area contributed by atoms with E-state index in [1.165, 1.54) is 4.80 Å². The number of nitrogens with one attached hydrogen (secondary N) is 1. The van der Waals surface area contributed by atoms with Gasteiger partial charge in [-0.2, -0.15) is 4.80 Å². The summed E-state index contributed by atoms with van der Waals surface area (Å²) in [7, 11) is 0. The summed E-state index contributed by atoms with van der Waals surface area (Å²) >= 11 is 0. The maximum absolute atomic E-state index is 5.16. The van der Waals surface area contributed by atoms with Crippen molar-refractivity contribution >= 4 is 0 Å². The van der Waals surface area contributed by atoms with E-state index in [0.717, 1.165) is 0 Å². The molecule has 0 fully saturated rings. The molecule has 0 saturated carbocycles. The van der Waals surface area contributed by atoms with Gasteiger partial charge in [-0.05, 0) is 17.3 Å². The first-order chi connectivity index (χ1) is 7.90. The van der Waals surface area contributed by atoms with Crippen LogP contribution in [0, 0.1) is 12.3 Å². The molecule has 1 N–H and O–H groups in total. The number of hydrogen-bond acceptors (Lipinski definition) is 5. The summed E-state index contributed by atoms with van der Waals surface area (Å²) in [5, 5.41) is 15.0. The normalized spacial score (nSPS) is 10.2. The van der Waals surface area contributed by atoms with E-state index in [4.69, 9.17) is 10.8 Å². The van der Waals surface area contributed by atoms with Gasteiger partial charge in [-0.1, -0.05) is 5.92 Å². The first kappa shape index (κ1) is 10.4. The Balaban J connectivity index is 1.91. The SMILES string of the molecule is C#CCNCCn1nnc(-c2ccco2)n1. The Kier molecular flexibility index (Phi) is 3.31. The molecule has 0 amide bonds. The molecule has 0 aliphatic heterocycles. The lowest BCUT2D eigenvalue weighted by molar-refractivity contribution is 0.501. The highest BCUT2D eigenvalue weighted by atomic mass is 16.3. The third-order valence-corrected chi connectivity index (χ3v) is 1.91. The smallest absolute Gasteiger partial charge is 0.240 e. The minimum Gasteiger partial charge on any atom is -0.461 e. The molecule has 2 heterocycles. The van der Waals surface area contributed by atoms with Gasteiger partial charge in [-0.25, -0.2) is 0 Å². The van der Waals surface area contributed by atoms with Gasteiger partial charge >= 0.3 is 0 Å². The molecule has 0 radical (unpaired) electrons. The number of rotatable bonds is 5. The molecule has 2 aromatic heterocycles. The summed E-state index contributed by atoms with van der Waals surface area (Å²) in [6.07, 6.45) is 6.67. The third kappa shape index (κ3) is 2.46. The molecule has 0 atom stereocenters. The fraction of sp³-hybridized carbons (Fsp3) is 0.300. The van der Waals surface area contributed by atoms with E-state index in [1.807, 2.05) is 0 Å². The molecule has 0 aromatic carbocycles. The highest BCUT2D eigenvalue weighted by molar-refractivity contribution is 5.43. The number of aromatic nitrogens is 4. The number of terminal acetylenes is 1. The first-order valence-electron chi connectivity index (χ1n) is 4.86. The Hall–Kier alpha value is -2.13. The zero-order valence-electron chi connectivity index (χ0n) is 8.63. The van der Waals surface area contributed by atoms with Gasteiger partial charge in [0.05, 0.1) is 19.4 Å². The summed E-state index contributed by atoms with van der Waals surface area (Å²) in [5.41, 5.74) is 0. The van der Waals surface area contributed by atoms with Crippen molar-refractivity contribution in [2.45, 2.75) is 6.54 Å². The molecule has 2 rings (SSSR count). The average Bonchev–Trinajstić information content (AvgIpc) is 2.94. The second-order valence-electron chi connectivity index (χ2n) is 3.07. The maximum atomic E-state index is 5.16. The highest BCUT2D eigenvalue weighted by Gasteiger charge is 2.07. The molecule has 6 heteroatoms. The lowest BCUT2D eigenvalue weighted by Gasteiger charge is -1.97. The van der Waals surface area contributed by atoms with E-state index in [-0.39, 0.29) is 0 Å². The lowest BCUT2D eigenvalue weighted by Crippen LogP contribution is -2.21. The maximum Gasteiger partial charge on any atom is 0.240 e. The van der Waals surface area contributed by atoms with Gasteiger partial charge in [0.15, 0.2) is 5.76 Å². The molecule has 16 heavy (non-hydrogen) atoms. The van der Waals surface area contributed by atoms with E-state index in [9.17, 15) is 0 Å². The summed E-state index contributed by atoms with van der Waals surface area (Å²) < 4.78 is 5.16. The number of hydrogen-bond donors (Lipinski definition) is 1. The number of furan rings is 1. The van der Waals surface area contributed by atoms with Gasteiger partial charge < -0.3 is 9.73 Å². The van der Waals surface area contributed by atoms with Crippen LogP contribution in [-0.4, -0.2) is 33.3 Å². The van der Waals surface area contributed by atoms with E-state index in [0.29, 0.717) is 31.2 Å². The molecule has 6 nitrogen and oxygen atoms in total. The van der Waals surface area contributed by atoms with E-state index < -0.39 is 0 Å². The molecular formula is C10H11N5O. The molecule has 0 spiro atoms. The van der Waals surface area contributed by atoms with Crippen LogP contribution in [0.1, 0.15) is 0 Å². The predicted octanol–water partition coefficient (Wildman–Crippen LogP) is 0.156. The highest BCUT2D eigenvalue weighted by Crippen LogP contribution is 2.12. The van der Waals surface area contributed by atoms with Gasteiger partial charge in [0, 0.05) is 6.54 Å². The van der Waals surface area contributed by atoms with Crippen LogP contribution >= 0.6 is 0 Å². The topological polar surface area (TPSA) is 68.8 Å². The molecule has 82 valence electrons. The monoisotopic (exact) mass is 217 g/mol. The Labute approximate surface area is 92.6 Å². The van der Waals surface area contributed by atoms with Crippen molar-refractivity contribution in [1.29, 1.82) is 0 Å². The van der Waals surface area contributed by atoms with E-state index >= 15 is 0 Å². The van der Waals surface area contributed by atoms with Crippen LogP contribution in [0.25, 0.3) is 11.6 Å². The summed E-state index contributed by atoms with van der Waals surface area (Å²) in [6.45, 7) is 1.87. The van der Waals surface area contributed by atoms with Crippen molar-refractivity contribution in [3.05, 3.63) is 18.4 Å². The second kappa shape index (κ2) is 5.09. The van der Waals surface area contributed by atoms with Gasteiger partial charge in [-0.3, -0.25) is 0 Å². The lowest BCUT2D eigenvalue weighted by atomic mass is 10.4. The third-order valence-electron chi connectivity index (χ3n) is 1.91. The van der Waals surface area contributed by atoms with Crippen LogP contribution < -0.4 is 5.32 Å². The molecule has 0 unspecified atom stereocenters. The van der Waals surface area contributed by atoms with Crippen molar-refractivity contribution in [2.75, 3.05) is 13.1 Å². The Bertz CT molecular complexity index is 468. The van der Waals surface area contributed by atoms with Crippen LogP contribution in [0.2, 0.25) is 0 Å². The standard InChI is InChI=1S/C10H11N5O/c1-2-5-11-6-7-15-13-10(12-14-15)9-4-3-8-16-9/h1,3-4,8,11H,5-7H2. The second-order valence-corrected chi connectivity index (χ2v) is 3.07. The Morgan fingerprint density at radius 2 is 2.50 bits per heavy atom. The summed E-state index contributed by atoms with van der Waals surface area (Å²) in [4.78, 5) is 1.50. The predicted molar refractivity (Wildman–Crippen MR) is 57.2 cm³/mol. The van der Waals surface area contributed by atoms with Gasteiger partial charge in [0.1, 0.15) is 0 Å². The fourth-order valence-electron chi connectivity index (χ4n) is 1.18. The molecular weight excluding hydrogens is 206 g/mol. The molecule has 0 saturated heterocycles. The van der Waals surface area contributed by atoms with Crippen molar-refractivity contribution < 1.29 is 4.42 Å². The van der Waals surface area contributed by atoms with E-state index in [1.54, 1.807) is 18.4 Å². The van der Waals surface area contributed by atoms with Crippen LogP contribution in [-0.2, 0) is 6.54 Å². The van der Waals surface area contributed by atoms with Gasteiger partial charge in [0.25, 0.3) is 0 Å². The van der Waals surface area contributed by atoms with Gasteiger partial charge in [-0.15, -0.1) is 16.6 Å². The molecule has 2 aromatic rings. The zero-order valence-corrected chi connectivity index (χ0v) is 8.63. The molecule has 0 aliphatic carbocycles. The molecule has 0 bridgehead atoms. The van der Waals surface area contributed by atoms with Crippen molar-refractivity contribution in [1.82, 2.24) is 25.5 Å². The van der Waals surface area contributed by atoms with Crippen LogP contribution in [0.4, 0.5) is 0 Å². The number of nitrogens with zero attached hydrogens (tertiary/aromatic N) is 4. The van der Waals surface area contributed by atoms with Crippen LogP contribution in [0.15, 0.2) is 22.8 Å². The minimum absolute atomic E-state index is 0.488. The fourth-order valence-corrected chi connectivity index (χ4v) is 1.18. The van der Waals surface area contributed by atoms with Crippen molar-refractivity contribution in [3.63, 3.8) is 0 Å². The van der Waals surface area contributed by atoms with Gasteiger partial charge in [0.2, 0.25) is 5.82 Å². The number of tetrazole rings is 1. The minimum atomic E-state index is 0.488. The van der Waals surface area contributed by atoms with Crippen LogP contribution in [0.3, 0.4) is 0 Å². The summed E-state index contributed by atoms with van der Waals surface area (Å²) in [6, 6.07) is 3.57. The quantitative estimate of drug-likeness (QED) is 0.570. The summed E-state index contributed by atoms with van der Waals surface area (Å²) in [5.74, 6) is 3.59. The van der Waals surface area contributed by atoms with Crippen molar-refractivity contribution in [2.24, 2.45) is 0 Å². The van der Waals surface area contributed by atoms with Crippen LogP contribution in [0.5, 0.6) is 0 Å². The largest absolute Gasteiger partial charge is 0.461 e. The van der Waals surface area contributed by atoms with E-state index in [2.05, 4.69) is 26.6 Å². The Morgan fingerprint density at radius 3 is 3.25 bits per heavy atom.